The van der Waals surface area contributed by atoms with E-state index in [9.17, 15) is 9.59 Å². The largest absolute Gasteiger partial charge is 0.447 e. The second-order valence-corrected chi connectivity index (χ2v) is 7.59. The summed E-state index contributed by atoms with van der Waals surface area (Å²) in [6.45, 7) is 4.66. The zero-order valence-corrected chi connectivity index (χ0v) is 16.1. The van der Waals surface area contributed by atoms with E-state index in [4.69, 9.17) is 4.74 Å². The number of aryl methyl sites for hydroxylation is 3. The number of cyclic esters (lactones) is 1. The molecule has 2 heterocycles. The van der Waals surface area contributed by atoms with Gasteiger partial charge in [-0.25, -0.2) is 9.78 Å². The minimum atomic E-state index is -0.238. The number of thiazole rings is 1. The van der Waals surface area contributed by atoms with Gasteiger partial charge in [0.1, 0.15) is 6.61 Å². The van der Waals surface area contributed by atoms with E-state index in [0.717, 1.165) is 30.0 Å². The highest BCUT2D eigenvalue weighted by molar-refractivity contribution is 7.11. The van der Waals surface area contributed by atoms with E-state index in [1.807, 2.05) is 6.07 Å². The van der Waals surface area contributed by atoms with Crippen LogP contribution in [0.4, 0.5) is 10.5 Å². The van der Waals surface area contributed by atoms with Crippen molar-refractivity contribution in [3.05, 3.63) is 44.9 Å². The average molecular weight is 373 g/mol. The first kappa shape index (κ1) is 18.4. The van der Waals surface area contributed by atoms with E-state index >= 15 is 0 Å². The van der Waals surface area contributed by atoms with Gasteiger partial charge in [0.05, 0.1) is 17.2 Å². The summed E-state index contributed by atoms with van der Waals surface area (Å²) in [5.74, 6) is 0.00463. The van der Waals surface area contributed by atoms with Crippen molar-refractivity contribution >= 4 is 29.0 Å². The third-order valence-electron chi connectivity index (χ3n) is 4.48. The lowest BCUT2D eigenvalue weighted by atomic mass is 10.0. The molecule has 2 aliphatic rings. The molecule has 1 saturated heterocycles. The number of nitrogens with zero attached hydrogens (tertiary/aromatic N) is 2. The number of hydrogen-bond acceptors (Lipinski definition) is 5. The van der Waals surface area contributed by atoms with Gasteiger partial charge in [-0.15, -0.1) is 11.3 Å². The van der Waals surface area contributed by atoms with Gasteiger partial charge in [-0.05, 0) is 43.0 Å². The normalized spacial score (nSPS) is 15.2. The number of amides is 2. The fourth-order valence-electron chi connectivity index (χ4n) is 3.09. The Kier molecular flexibility index (Phi) is 5.56. The predicted octanol–water partition coefficient (Wildman–Crippen LogP) is 2.85. The molecule has 1 aromatic carbocycles. The van der Waals surface area contributed by atoms with Crippen molar-refractivity contribution in [3.8, 4) is 0 Å². The standard InChI is InChI=1S/C16H16N2O2S.C3H7NO/c1-10-17-14-5-3-11-2-4-13(18-6-7-20-16(18)19)8-12(11)9-15(14)21-10;1-3(5)4-2/h2,4,8H,3,5-7,9H2,1H3;1-2H3,(H,4,5). The molecule has 1 fully saturated rings. The van der Waals surface area contributed by atoms with Gasteiger partial charge in [0.15, 0.2) is 0 Å². The first-order chi connectivity index (χ1) is 12.5. The number of fused-ring (bicyclic) bond motifs is 2. The maximum Gasteiger partial charge on any atom is 0.414 e. The van der Waals surface area contributed by atoms with Gasteiger partial charge in [-0.2, -0.15) is 0 Å². The lowest BCUT2D eigenvalue weighted by Crippen LogP contribution is -2.23. The summed E-state index contributed by atoms with van der Waals surface area (Å²) in [4.78, 5) is 29.1. The fraction of sp³-hybridized carbons (Fsp3) is 0.421. The minimum absolute atomic E-state index is 0.00463. The molecule has 0 atom stereocenters. The van der Waals surface area contributed by atoms with Gasteiger partial charge in [0.2, 0.25) is 5.91 Å². The average Bonchev–Trinajstić information content (AvgIpc) is 3.15. The quantitative estimate of drug-likeness (QED) is 0.834. The third-order valence-corrected chi connectivity index (χ3v) is 5.49. The predicted molar refractivity (Wildman–Crippen MR) is 102 cm³/mol. The second-order valence-electron chi connectivity index (χ2n) is 6.30. The first-order valence-electron chi connectivity index (χ1n) is 8.67. The van der Waals surface area contributed by atoms with Crippen LogP contribution in [-0.2, 0) is 28.8 Å². The number of hydrogen-bond donors (Lipinski definition) is 1. The Labute approximate surface area is 157 Å². The Balaban J connectivity index is 0.000000349. The summed E-state index contributed by atoms with van der Waals surface area (Å²) in [6, 6.07) is 6.33. The molecule has 0 spiro atoms. The van der Waals surface area contributed by atoms with Crippen LogP contribution in [0.1, 0.15) is 33.6 Å². The van der Waals surface area contributed by atoms with Crippen molar-refractivity contribution in [2.45, 2.75) is 33.1 Å². The maximum absolute atomic E-state index is 11.7. The molecule has 1 N–H and O–H groups in total. The number of anilines is 1. The molecule has 1 aromatic heterocycles. The summed E-state index contributed by atoms with van der Waals surface area (Å²) in [5.41, 5.74) is 4.88. The van der Waals surface area contributed by atoms with Crippen molar-refractivity contribution in [2.24, 2.45) is 0 Å². The third kappa shape index (κ3) is 4.04. The van der Waals surface area contributed by atoms with Gasteiger partial charge in [-0.3, -0.25) is 9.69 Å². The van der Waals surface area contributed by atoms with Crippen LogP contribution in [0, 0.1) is 6.92 Å². The smallest absolute Gasteiger partial charge is 0.414 e. The summed E-state index contributed by atoms with van der Waals surface area (Å²) in [6.07, 6.45) is 2.72. The van der Waals surface area contributed by atoms with Crippen LogP contribution in [0.25, 0.3) is 0 Å². The molecule has 0 saturated carbocycles. The molecule has 1 aliphatic carbocycles. The van der Waals surface area contributed by atoms with Gasteiger partial charge in [0, 0.05) is 31.0 Å². The van der Waals surface area contributed by atoms with Crippen LogP contribution in [0.5, 0.6) is 0 Å². The van der Waals surface area contributed by atoms with Crippen LogP contribution in [0.2, 0.25) is 0 Å². The Morgan fingerprint density at radius 3 is 2.73 bits per heavy atom. The zero-order valence-electron chi connectivity index (χ0n) is 15.3. The molecule has 0 radical (unpaired) electrons. The van der Waals surface area contributed by atoms with Crippen molar-refractivity contribution in [2.75, 3.05) is 25.1 Å². The van der Waals surface area contributed by atoms with E-state index in [0.29, 0.717) is 13.2 Å². The summed E-state index contributed by atoms with van der Waals surface area (Å²) in [5, 5.41) is 3.53. The maximum atomic E-state index is 11.7. The van der Waals surface area contributed by atoms with E-state index in [-0.39, 0.29) is 12.0 Å². The van der Waals surface area contributed by atoms with Gasteiger partial charge >= 0.3 is 6.09 Å². The van der Waals surface area contributed by atoms with Crippen LogP contribution in [0.15, 0.2) is 18.2 Å². The number of carbonyl (C=O) groups is 2. The number of aromatic nitrogens is 1. The van der Waals surface area contributed by atoms with E-state index in [2.05, 4.69) is 29.4 Å². The highest BCUT2D eigenvalue weighted by Crippen LogP contribution is 2.31. The number of rotatable bonds is 1. The summed E-state index contributed by atoms with van der Waals surface area (Å²) in [7, 11) is 1.60. The molecule has 1 aliphatic heterocycles. The zero-order chi connectivity index (χ0) is 18.7. The van der Waals surface area contributed by atoms with Gasteiger partial charge in [-0.1, -0.05) is 6.07 Å². The Hall–Kier alpha value is -2.41. The topological polar surface area (TPSA) is 71.5 Å². The molecule has 138 valence electrons. The molecule has 2 amide bonds. The van der Waals surface area contributed by atoms with Crippen molar-refractivity contribution in [1.82, 2.24) is 10.3 Å². The van der Waals surface area contributed by atoms with Crippen molar-refractivity contribution < 1.29 is 14.3 Å². The lowest BCUT2D eigenvalue weighted by Gasteiger charge is -2.15. The Morgan fingerprint density at radius 1 is 1.31 bits per heavy atom. The molecule has 2 aromatic rings. The Morgan fingerprint density at radius 2 is 2.08 bits per heavy atom. The van der Waals surface area contributed by atoms with E-state index < -0.39 is 0 Å². The molecule has 7 heteroatoms. The number of ether oxygens (including phenoxy) is 1. The van der Waals surface area contributed by atoms with Crippen LogP contribution < -0.4 is 10.2 Å². The van der Waals surface area contributed by atoms with Crippen LogP contribution in [0.3, 0.4) is 0 Å². The molecular formula is C19H23N3O3S. The SMILES string of the molecule is CNC(C)=O.Cc1nc2c(s1)Cc1cc(N3CCOC3=O)ccc1CC2. The van der Waals surface area contributed by atoms with Crippen LogP contribution in [-0.4, -0.2) is 37.2 Å². The first-order valence-corrected chi connectivity index (χ1v) is 9.49. The molecule has 0 unspecified atom stereocenters. The van der Waals surface area contributed by atoms with Crippen molar-refractivity contribution in [3.63, 3.8) is 0 Å². The Bertz CT molecular complexity index is 831. The number of benzene rings is 1. The molecule has 6 nitrogen and oxygen atoms in total. The van der Waals surface area contributed by atoms with E-state index in [1.54, 1.807) is 23.3 Å². The fourth-order valence-corrected chi connectivity index (χ4v) is 4.09. The highest BCUT2D eigenvalue weighted by atomic mass is 32.1. The molecular weight excluding hydrogens is 350 g/mol. The highest BCUT2D eigenvalue weighted by Gasteiger charge is 2.25. The summed E-state index contributed by atoms with van der Waals surface area (Å²) >= 11 is 1.79. The second kappa shape index (κ2) is 7.86. The van der Waals surface area contributed by atoms with Gasteiger partial charge < -0.3 is 10.1 Å². The summed E-state index contributed by atoms with van der Waals surface area (Å²) < 4.78 is 5.03. The minimum Gasteiger partial charge on any atom is -0.447 e. The molecule has 26 heavy (non-hydrogen) atoms. The molecule has 4 rings (SSSR count). The molecule has 0 bridgehead atoms. The monoisotopic (exact) mass is 373 g/mol. The van der Waals surface area contributed by atoms with Gasteiger partial charge in [0.25, 0.3) is 0 Å². The van der Waals surface area contributed by atoms with Crippen LogP contribution >= 0.6 is 11.3 Å². The number of carbonyl (C=O) groups excluding carboxylic acids is 2. The van der Waals surface area contributed by atoms with Crippen molar-refractivity contribution in [1.29, 1.82) is 0 Å². The van der Waals surface area contributed by atoms with E-state index in [1.165, 1.54) is 28.6 Å². The lowest BCUT2D eigenvalue weighted by molar-refractivity contribution is -0.118. The number of nitrogens with one attached hydrogen (secondary N) is 1.